The second-order valence-electron chi connectivity index (χ2n) is 6.86. The molecule has 0 fully saturated rings. The largest absolute Gasteiger partial charge is 0.373 e. The zero-order valence-electron chi connectivity index (χ0n) is 15.1. The van der Waals surface area contributed by atoms with Crippen molar-refractivity contribution in [1.82, 2.24) is 9.97 Å². The molecule has 2 aromatic heterocycles. The predicted molar refractivity (Wildman–Crippen MR) is 111 cm³/mol. The highest BCUT2D eigenvalue weighted by Crippen LogP contribution is 2.30. The normalized spacial score (nSPS) is 16.1. The maximum Gasteiger partial charge on any atom is 0.227 e. The van der Waals surface area contributed by atoms with Crippen LogP contribution >= 0.6 is 11.3 Å². The van der Waals surface area contributed by atoms with Gasteiger partial charge in [0, 0.05) is 5.69 Å². The molecule has 28 heavy (non-hydrogen) atoms. The number of imidazole rings is 1. The van der Waals surface area contributed by atoms with Crippen LogP contribution in [-0.2, 0) is 16.0 Å². The molecule has 4 aromatic rings. The lowest BCUT2D eigenvalue weighted by Gasteiger charge is -2.25. The molecule has 1 unspecified atom stereocenters. The Hall–Kier alpha value is -2.96. The van der Waals surface area contributed by atoms with Crippen molar-refractivity contribution in [1.29, 1.82) is 0 Å². The van der Waals surface area contributed by atoms with Crippen LogP contribution in [0, 0.1) is 0 Å². The van der Waals surface area contributed by atoms with Gasteiger partial charge in [0.2, 0.25) is 5.91 Å². The summed E-state index contributed by atoms with van der Waals surface area (Å²) in [6, 6.07) is 18.0. The molecule has 0 saturated carbocycles. The fraction of sp³-hybridized carbons (Fsp3) is 0.182. The van der Waals surface area contributed by atoms with E-state index in [1.54, 1.807) is 11.3 Å². The number of hydrogen-bond acceptors (Lipinski definition) is 4. The molecule has 140 valence electrons. The van der Waals surface area contributed by atoms with Gasteiger partial charge in [-0.2, -0.15) is 0 Å². The number of anilines is 1. The van der Waals surface area contributed by atoms with Gasteiger partial charge >= 0.3 is 0 Å². The summed E-state index contributed by atoms with van der Waals surface area (Å²) in [6.07, 6.45) is 1.02. The first-order valence-corrected chi connectivity index (χ1v) is 10.2. The van der Waals surface area contributed by atoms with Crippen LogP contribution in [0.25, 0.3) is 21.7 Å². The first kappa shape index (κ1) is 17.2. The van der Waals surface area contributed by atoms with E-state index in [0.717, 1.165) is 39.4 Å². The molecule has 5 nitrogen and oxygen atoms in total. The summed E-state index contributed by atoms with van der Waals surface area (Å²) in [5, 5.41) is 5.02. The van der Waals surface area contributed by atoms with Gasteiger partial charge in [-0.05, 0) is 47.2 Å². The Morgan fingerprint density at radius 1 is 1.21 bits per heavy atom. The van der Waals surface area contributed by atoms with Gasteiger partial charge in [0.1, 0.15) is 5.82 Å². The smallest absolute Gasteiger partial charge is 0.227 e. The van der Waals surface area contributed by atoms with Crippen molar-refractivity contribution in [3.63, 3.8) is 0 Å². The number of carbonyl (C=O) groups is 1. The number of hydrogen-bond donors (Lipinski definition) is 2. The Morgan fingerprint density at radius 3 is 3.04 bits per heavy atom. The number of H-pyrrole nitrogens is 1. The van der Waals surface area contributed by atoms with E-state index >= 15 is 0 Å². The Kier molecular flexibility index (Phi) is 4.43. The Labute approximate surface area is 166 Å². The summed E-state index contributed by atoms with van der Waals surface area (Å²) >= 11 is 1.64. The van der Waals surface area contributed by atoms with E-state index in [0.29, 0.717) is 13.0 Å². The highest BCUT2D eigenvalue weighted by molar-refractivity contribution is 7.13. The third kappa shape index (κ3) is 3.32. The van der Waals surface area contributed by atoms with Crippen molar-refractivity contribution in [3.05, 3.63) is 71.1 Å². The third-order valence-electron chi connectivity index (χ3n) is 4.98. The first-order chi connectivity index (χ1) is 13.8. The number of rotatable bonds is 4. The van der Waals surface area contributed by atoms with E-state index in [1.165, 1.54) is 5.56 Å². The number of benzene rings is 2. The molecule has 1 aliphatic heterocycles. The minimum absolute atomic E-state index is 0.0564. The molecule has 1 amide bonds. The SMILES string of the molecule is O=C(CC1OCCc2ccccc21)Nc1ccc2nc(-c3cccs3)[nH]c2c1. The quantitative estimate of drug-likeness (QED) is 0.520. The number of nitrogens with one attached hydrogen (secondary N) is 2. The van der Waals surface area contributed by atoms with Gasteiger partial charge in [0.15, 0.2) is 0 Å². The van der Waals surface area contributed by atoms with Gasteiger partial charge in [-0.1, -0.05) is 30.3 Å². The summed E-state index contributed by atoms with van der Waals surface area (Å²) in [7, 11) is 0. The van der Waals surface area contributed by atoms with Crippen molar-refractivity contribution in [3.8, 4) is 10.7 Å². The molecule has 0 spiro atoms. The number of carbonyl (C=O) groups excluding carboxylic acids is 1. The molecule has 0 saturated heterocycles. The van der Waals surface area contributed by atoms with Gasteiger partial charge in [-0.15, -0.1) is 11.3 Å². The number of aromatic nitrogens is 2. The molecule has 0 aliphatic carbocycles. The lowest BCUT2D eigenvalue weighted by molar-refractivity contribution is -0.119. The standard InChI is InChI=1S/C22H19N3O2S/c26-21(13-19-16-5-2-1-4-14(16)9-10-27-19)23-15-7-8-17-18(12-15)25-22(24-17)20-6-3-11-28-20/h1-8,11-12,19H,9-10,13H2,(H,23,26)(H,24,25). The van der Waals surface area contributed by atoms with Crippen molar-refractivity contribution < 1.29 is 9.53 Å². The van der Waals surface area contributed by atoms with Crippen LogP contribution < -0.4 is 5.32 Å². The lowest BCUT2D eigenvalue weighted by atomic mass is 9.95. The Morgan fingerprint density at radius 2 is 2.14 bits per heavy atom. The molecule has 3 heterocycles. The van der Waals surface area contributed by atoms with Crippen LogP contribution in [0.4, 0.5) is 5.69 Å². The van der Waals surface area contributed by atoms with Gasteiger partial charge in [0.05, 0.1) is 35.0 Å². The fourth-order valence-corrected chi connectivity index (χ4v) is 4.31. The average molecular weight is 389 g/mol. The van der Waals surface area contributed by atoms with E-state index < -0.39 is 0 Å². The highest BCUT2D eigenvalue weighted by Gasteiger charge is 2.23. The summed E-state index contributed by atoms with van der Waals surface area (Å²) in [6.45, 7) is 0.653. The van der Waals surface area contributed by atoms with Gasteiger partial charge in [0.25, 0.3) is 0 Å². The highest BCUT2D eigenvalue weighted by atomic mass is 32.1. The van der Waals surface area contributed by atoms with Crippen molar-refractivity contribution in [2.45, 2.75) is 18.9 Å². The molecule has 1 aliphatic rings. The first-order valence-electron chi connectivity index (χ1n) is 9.29. The average Bonchev–Trinajstić information content (AvgIpc) is 3.37. The second-order valence-corrected chi connectivity index (χ2v) is 7.80. The molecular formula is C22H19N3O2S. The molecular weight excluding hydrogens is 370 g/mol. The van der Waals surface area contributed by atoms with Crippen LogP contribution in [0.3, 0.4) is 0 Å². The molecule has 2 aromatic carbocycles. The van der Waals surface area contributed by atoms with Gasteiger partial charge in [-0.3, -0.25) is 4.79 Å². The number of nitrogens with zero attached hydrogens (tertiary/aromatic N) is 1. The van der Waals surface area contributed by atoms with Crippen LogP contribution in [0.15, 0.2) is 60.0 Å². The molecule has 2 N–H and O–H groups in total. The third-order valence-corrected chi connectivity index (χ3v) is 5.86. The summed E-state index contributed by atoms with van der Waals surface area (Å²) < 4.78 is 5.85. The molecule has 0 radical (unpaired) electrons. The van der Waals surface area contributed by atoms with Gasteiger partial charge < -0.3 is 15.0 Å². The van der Waals surface area contributed by atoms with E-state index in [4.69, 9.17) is 4.74 Å². The zero-order valence-corrected chi connectivity index (χ0v) is 16.0. The molecule has 1 atom stereocenters. The number of ether oxygens (including phenoxy) is 1. The molecule has 5 rings (SSSR count). The minimum Gasteiger partial charge on any atom is -0.373 e. The maximum absolute atomic E-state index is 12.6. The van der Waals surface area contributed by atoms with E-state index in [1.807, 2.05) is 47.8 Å². The van der Waals surface area contributed by atoms with Crippen molar-refractivity contribution >= 4 is 34.0 Å². The lowest BCUT2D eigenvalue weighted by Crippen LogP contribution is -2.22. The van der Waals surface area contributed by atoms with E-state index in [9.17, 15) is 4.79 Å². The summed E-state index contributed by atoms with van der Waals surface area (Å²) in [5.74, 6) is 0.791. The number of thiophene rings is 1. The Balaban J connectivity index is 1.32. The number of fused-ring (bicyclic) bond motifs is 2. The second kappa shape index (κ2) is 7.22. The summed E-state index contributed by atoms with van der Waals surface area (Å²) in [4.78, 5) is 21.6. The fourth-order valence-electron chi connectivity index (χ4n) is 3.64. The van der Waals surface area contributed by atoms with Crippen molar-refractivity contribution in [2.24, 2.45) is 0 Å². The van der Waals surface area contributed by atoms with Crippen LogP contribution in [0.2, 0.25) is 0 Å². The minimum atomic E-state index is -0.189. The van der Waals surface area contributed by atoms with Crippen LogP contribution in [0.1, 0.15) is 23.7 Å². The number of amides is 1. The van der Waals surface area contributed by atoms with E-state index in [2.05, 4.69) is 27.4 Å². The number of aromatic amines is 1. The topological polar surface area (TPSA) is 67.0 Å². The van der Waals surface area contributed by atoms with Crippen LogP contribution in [0.5, 0.6) is 0 Å². The zero-order chi connectivity index (χ0) is 18.9. The van der Waals surface area contributed by atoms with Crippen LogP contribution in [-0.4, -0.2) is 22.5 Å². The van der Waals surface area contributed by atoms with E-state index in [-0.39, 0.29) is 12.0 Å². The summed E-state index contributed by atoms with van der Waals surface area (Å²) in [5.41, 5.74) is 4.93. The van der Waals surface area contributed by atoms with Gasteiger partial charge in [-0.25, -0.2) is 4.98 Å². The van der Waals surface area contributed by atoms with Crippen molar-refractivity contribution in [2.75, 3.05) is 11.9 Å². The predicted octanol–water partition coefficient (Wildman–Crippen LogP) is 4.93. The maximum atomic E-state index is 12.6. The monoisotopic (exact) mass is 389 g/mol. The molecule has 6 heteroatoms. The Bertz CT molecular complexity index is 1130. The molecule has 0 bridgehead atoms.